The lowest BCUT2D eigenvalue weighted by Gasteiger charge is -2.38. The van der Waals surface area contributed by atoms with Gasteiger partial charge >= 0.3 is 0 Å². The molecule has 2 amide bonds. The smallest absolute Gasteiger partial charge is 0.275 e. The Morgan fingerprint density at radius 3 is 2.58 bits per heavy atom. The molecule has 5 rings (SSSR count). The van der Waals surface area contributed by atoms with Gasteiger partial charge in [0.15, 0.2) is 12.3 Å². The van der Waals surface area contributed by atoms with E-state index < -0.39 is 0 Å². The second-order valence-electron chi connectivity index (χ2n) is 9.26. The van der Waals surface area contributed by atoms with Gasteiger partial charge in [0, 0.05) is 25.6 Å². The van der Waals surface area contributed by atoms with Crippen LogP contribution in [-0.4, -0.2) is 46.2 Å². The second kappa shape index (κ2) is 10.1. The number of amides is 2. The number of carbonyl (C=O) groups is 2. The molecule has 1 aliphatic heterocycles. The summed E-state index contributed by atoms with van der Waals surface area (Å²) < 4.78 is 25.1. The molecule has 0 N–H and O–H groups in total. The molecule has 1 fully saturated rings. The van der Waals surface area contributed by atoms with Crippen LogP contribution >= 0.6 is 0 Å². The molecule has 0 radical (unpaired) electrons. The highest BCUT2D eigenvalue weighted by Crippen LogP contribution is 2.41. The molecule has 0 bridgehead atoms. The molecule has 36 heavy (non-hydrogen) atoms. The van der Waals surface area contributed by atoms with E-state index in [-0.39, 0.29) is 41.9 Å². The van der Waals surface area contributed by atoms with Crippen molar-refractivity contribution >= 4 is 11.8 Å². The van der Waals surface area contributed by atoms with E-state index >= 15 is 0 Å². The van der Waals surface area contributed by atoms with Gasteiger partial charge < -0.3 is 19.0 Å². The van der Waals surface area contributed by atoms with Crippen molar-refractivity contribution < 1.29 is 23.1 Å². The SMILES string of the molecule is CCN(CC)C(=O)c1coc(COc2ccc3c(c2)C(c2ccc(F)cc2)N(C(=O)C2CC2)CC3)n1. The first-order valence-corrected chi connectivity index (χ1v) is 12.5. The Kier molecular flexibility index (Phi) is 6.76. The molecule has 188 valence electrons. The zero-order valence-corrected chi connectivity index (χ0v) is 20.6. The quantitative estimate of drug-likeness (QED) is 0.454. The van der Waals surface area contributed by atoms with E-state index in [9.17, 15) is 14.0 Å². The number of nitrogens with zero attached hydrogens (tertiary/aromatic N) is 3. The third-order valence-corrected chi connectivity index (χ3v) is 6.92. The summed E-state index contributed by atoms with van der Waals surface area (Å²) in [6.45, 7) is 5.72. The number of benzene rings is 2. The molecule has 3 aromatic rings. The highest BCUT2D eigenvalue weighted by atomic mass is 19.1. The van der Waals surface area contributed by atoms with Crippen LogP contribution in [0.5, 0.6) is 5.75 Å². The van der Waals surface area contributed by atoms with E-state index in [1.54, 1.807) is 17.0 Å². The third-order valence-electron chi connectivity index (χ3n) is 6.92. The summed E-state index contributed by atoms with van der Waals surface area (Å²) in [6.07, 6.45) is 3.97. The van der Waals surface area contributed by atoms with Gasteiger partial charge in [0.25, 0.3) is 5.91 Å². The number of hydrogen-bond acceptors (Lipinski definition) is 5. The summed E-state index contributed by atoms with van der Waals surface area (Å²) >= 11 is 0. The van der Waals surface area contributed by atoms with E-state index in [0.717, 1.165) is 36.0 Å². The van der Waals surface area contributed by atoms with Crippen molar-refractivity contribution in [1.29, 1.82) is 0 Å². The minimum absolute atomic E-state index is 0.0657. The molecule has 1 aromatic heterocycles. The lowest BCUT2D eigenvalue weighted by molar-refractivity contribution is -0.134. The first-order valence-electron chi connectivity index (χ1n) is 12.5. The Morgan fingerprint density at radius 2 is 1.89 bits per heavy atom. The minimum atomic E-state index is -0.309. The fourth-order valence-corrected chi connectivity index (χ4v) is 4.78. The van der Waals surface area contributed by atoms with Crippen LogP contribution in [0.2, 0.25) is 0 Å². The van der Waals surface area contributed by atoms with E-state index in [0.29, 0.717) is 31.3 Å². The van der Waals surface area contributed by atoms with Gasteiger partial charge in [0.2, 0.25) is 11.8 Å². The molecule has 2 aliphatic rings. The van der Waals surface area contributed by atoms with Gasteiger partial charge in [-0.3, -0.25) is 9.59 Å². The Bertz CT molecular complexity index is 1250. The number of hydrogen-bond donors (Lipinski definition) is 0. The molecular formula is C28H30FN3O4. The first kappa shape index (κ1) is 24.0. The van der Waals surface area contributed by atoms with Crippen LogP contribution in [-0.2, 0) is 17.8 Å². The molecular weight excluding hydrogens is 461 g/mol. The highest BCUT2D eigenvalue weighted by Gasteiger charge is 2.39. The summed E-state index contributed by atoms with van der Waals surface area (Å²) in [6, 6.07) is 11.9. The monoisotopic (exact) mass is 491 g/mol. The number of oxazole rings is 1. The minimum Gasteiger partial charge on any atom is -0.484 e. The molecule has 0 spiro atoms. The molecule has 1 unspecified atom stereocenters. The van der Waals surface area contributed by atoms with E-state index in [1.165, 1.54) is 18.4 Å². The fraction of sp³-hybridized carbons (Fsp3) is 0.393. The summed E-state index contributed by atoms with van der Waals surface area (Å²) in [7, 11) is 0. The Balaban J connectivity index is 1.38. The van der Waals surface area contributed by atoms with Crippen molar-refractivity contribution in [3.8, 4) is 5.75 Å². The maximum atomic E-state index is 13.7. The lowest BCUT2D eigenvalue weighted by Crippen LogP contribution is -2.41. The van der Waals surface area contributed by atoms with Crippen LogP contribution in [0, 0.1) is 11.7 Å². The van der Waals surface area contributed by atoms with Crippen molar-refractivity contribution in [2.45, 2.75) is 45.8 Å². The number of fused-ring (bicyclic) bond motifs is 1. The number of carbonyl (C=O) groups excluding carboxylic acids is 2. The third kappa shape index (κ3) is 4.85. The van der Waals surface area contributed by atoms with Crippen LogP contribution in [0.15, 0.2) is 53.1 Å². The molecule has 1 aliphatic carbocycles. The molecule has 7 nitrogen and oxygen atoms in total. The zero-order valence-electron chi connectivity index (χ0n) is 20.6. The molecule has 2 aromatic carbocycles. The molecule has 1 saturated carbocycles. The van der Waals surface area contributed by atoms with E-state index in [1.807, 2.05) is 36.9 Å². The normalized spacial score (nSPS) is 17.0. The number of ether oxygens (including phenoxy) is 1. The fourth-order valence-electron chi connectivity index (χ4n) is 4.78. The van der Waals surface area contributed by atoms with Crippen LogP contribution in [0.3, 0.4) is 0 Å². The first-order chi connectivity index (χ1) is 17.5. The van der Waals surface area contributed by atoms with Gasteiger partial charge in [0.05, 0.1) is 6.04 Å². The Labute approximate surface area is 209 Å². The average molecular weight is 492 g/mol. The molecule has 8 heteroatoms. The van der Waals surface area contributed by atoms with Gasteiger partial charge in [-0.25, -0.2) is 9.37 Å². The molecule has 2 heterocycles. The van der Waals surface area contributed by atoms with Crippen LogP contribution in [0.4, 0.5) is 4.39 Å². The summed E-state index contributed by atoms with van der Waals surface area (Å²) in [4.78, 5) is 33.5. The number of rotatable bonds is 8. The van der Waals surface area contributed by atoms with Crippen molar-refractivity contribution in [3.05, 3.63) is 82.8 Å². The van der Waals surface area contributed by atoms with Crippen molar-refractivity contribution in [3.63, 3.8) is 0 Å². The van der Waals surface area contributed by atoms with Crippen LogP contribution in [0.25, 0.3) is 0 Å². The molecule has 1 atom stereocenters. The van der Waals surface area contributed by atoms with Gasteiger partial charge in [-0.1, -0.05) is 18.2 Å². The van der Waals surface area contributed by atoms with Gasteiger partial charge in [0.1, 0.15) is 17.8 Å². The maximum absolute atomic E-state index is 13.7. The topological polar surface area (TPSA) is 75.9 Å². The van der Waals surface area contributed by atoms with Crippen LogP contribution < -0.4 is 4.74 Å². The van der Waals surface area contributed by atoms with Gasteiger partial charge in [-0.2, -0.15) is 0 Å². The summed E-state index contributed by atoms with van der Waals surface area (Å²) in [5, 5.41) is 0. The standard InChI is InChI=1S/C28H30FN3O4/c1-3-31(4-2)28(34)24-16-36-25(30-24)17-35-22-12-9-18-13-14-32(27(33)20-5-6-20)26(23(18)15-22)19-7-10-21(29)11-8-19/h7-12,15-16,20,26H,3-6,13-14,17H2,1-2H3. The van der Waals surface area contributed by atoms with Gasteiger partial charge in [-0.05, 0) is 74.1 Å². The van der Waals surface area contributed by atoms with Crippen LogP contribution in [0.1, 0.15) is 65.8 Å². The van der Waals surface area contributed by atoms with Crippen molar-refractivity contribution in [2.24, 2.45) is 5.92 Å². The Hall–Kier alpha value is -3.68. The van der Waals surface area contributed by atoms with Crippen molar-refractivity contribution in [2.75, 3.05) is 19.6 Å². The Morgan fingerprint density at radius 1 is 1.14 bits per heavy atom. The zero-order chi connectivity index (χ0) is 25.2. The predicted molar refractivity (Wildman–Crippen MR) is 131 cm³/mol. The summed E-state index contributed by atoms with van der Waals surface area (Å²) in [5.74, 6) is 0.682. The lowest BCUT2D eigenvalue weighted by atomic mass is 9.87. The maximum Gasteiger partial charge on any atom is 0.275 e. The number of halogens is 1. The summed E-state index contributed by atoms with van der Waals surface area (Å²) in [5.41, 5.74) is 3.24. The molecule has 0 saturated heterocycles. The van der Waals surface area contributed by atoms with E-state index in [2.05, 4.69) is 4.98 Å². The van der Waals surface area contributed by atoms with E-state index in [4.69, 9.17) is 9.15 Å². The predicted octanol–water partition coefficient (Wildman–Crippen LogP) is 4.76. The van der Waals surface area contributed by atoms with Gasteiger partial charge in [-0.15, -0.1) is 0 Å². The average Bonchev–Trinajstić information content (AvgIpc) is 3.64. The second-order valence-corrected chi connectivity index (χ2v) is 9.26. The largest absolute Gasteiger partial charge is 0.484 e. The highest BCUT2D eigenvalue weighted by molar-refractivity contribution is 5.91. The van der Waals surface area contributed by atoms with Crippen molar-refractivity contribution in [1.82, 2.24) is 14.8 Å². The number of aromatic nitrogens is 1.